The highest BCUT2D eigenvalue weighted by atomic mass is 16.3. The van der Waals surface area contributed by atoms with Crippen LogP contribution in [0.1, 0.15) is 45.4 Å². The molecule has 3 saturated carbocycles. The maximum absolute atomic E-state index is 12.4. The molecule has 1 N–H and O–H groups in total. The first-order chi connectivity index (χ1) is 10.0. The largest absolute Gasteiger partial charge is 0.393 e. The molecule has 4 rings (SSSR count). The molecule has 114 valence electrons. The van der Waals surface area contributed by atoms with Gasteiger partial charge in [0, 0.05) is 5.92 Å². The zero-order chi connectivity index (χ0) is 14.8. The molecule has 0 aromatic rings. The number of Topliss-reactive ketones (excluding diaryl/α,β-unsaturated/α-hetero) is 1. The van der Waals surface area contributed by atoms with Crippen molar-refractivity contribution in [1.82, 2.24) is 0 Å². The van der Waals surface area contributed by atoms with E-state index in [1.54, 1.807) is 0 Å². The Kier molecular flexibility index (Phi) is 2.94. The average Bonchev–Trinajstić information content (AvgIpc) is 2.78. The molecular formula is C18H24O3. The Bertz CT molecular complexity index is 523. The monoisotopic (exact) mass is 288 g/mol. The zero-order valence-corrected chi connectivity index (χ0v) is 12.6. The normalized spacial score (nSPS) is 52.3. The second-order valence-electron chi connectivity index (χ2n) is 8.01. The summed E-state index contributed by atoms with van der Waals surface area (Å²) in [5, 5.41) is 10.5. The first kappa shape index (κ1) is 13.7. The Morgan fingerprint density at radius 1 is 1.10 bits per heavy atom. The molecule has 0 saturated heterocycles. The first-order valence-electron chi connectivity index (χ1n) is 8.46. The molecule has 3 heteroatoms. The number of aliphatic hydroxyl groups is 1. The van der Waals surface area contributed by atoms with Crippen LogP contribution in [-0.4, -0.2) is 22.8 Å². The van der Waals surface area contributed by atoms with Crippen molar-refractivity contribution in [2.24, 2.45) is 35.0 Å². The van der Waals surface area contributed by atoms with Gasteiger partial charge in [0.15, 0.2) is 0 Å². The summed E-state index contributed by atoms with van der Waals surface area (Å²) in [4.78, 5) is 24.2. The van der Waals surface area contributed by atoms with E-state index in [9.17, 15) is 14.7 Å². The molecule has 0 amide bonds. The van der Waals surface area contributed by atoms with E-state index in [-0.39, 0.29) is 34.9 Å². The smallest absolute Gasteiger partial charge is 0.221 e. The lowest BCUT2D eigenvalue weighted by Crippen LogP contribution is -2.51. The summed E-state index contributed by atoms with van der Waals surface area (Å²) in [7, 11) is 0. The predicted octanol–water partition coefficient (Wildman–Crippen LogP) is 2.52. The molecule has 3 nitrogen and oxygen atoms in total. The average molecular weight is 288 g/mol. The maximum atomic E-state index is 12.4. The van der Waals surface area contributed by atoms with E-state index in [1.165, 1.54) is 6.08 Å². The van der Waals surface area contributed by atoms with Gasteiger partial charge < -0.3 is 5.11 Å². The van der Waals surface area contributed by atoms with E-state index < -0.39 is 0 Å². The van der Waals surface area contributed by atoms with E-state index >= 15 is 0 Å². The van der Waals surface area contributed by atoms with Crippen LogP contribution < -0.4 is 0 Å². The highest BCUT2D eigenvalue weighted by Gasteiger charge is 2.57. The zero-order valence-electron chi connectivity index (χ0n) is 12.6. The SMILES string of the molecule is C[C@]12CC[C@H]3[C@@H](CCC4C=CC(=O)C(=O)[C@@H]43)[C@@H]1[C@@H](O)CC2. The molecule has 3 fully saturated rings. The van der Waals surface area contributed by atoms with Crippen LogP contribution in [0.25, 0.3) is 0 Å². The fourth-order valence-corrected chi connectivity index (χ4v) is 6.14. The van der Waals surface area contributed by atoms with Gasteiger partial charge in [0.1, 0.15) is 0 Å². The second-order valence-corrected chi connectivity index (χ2v) is 8.01. The minimum absolute atomic E-state index is 0.0985. The Balaban J connectivity index is 1.69. The van der Waals surface area contributed by atoms with E-state index in [0.29, 0.717) is 17.8 Å². The van der Waals surface area contributed by atoms with Gasteiger partial charge in [-0.05, 0) is 73.7 Å². The quantitative estimate of drug-likeness (QED) is 0.697. The fraction of sp³-hybridized carbons (Fsp3) is 0.778. The lowest BCUT2D eigenvalue weighted by Gasteiger charge is -2.53. The van der Waals surface area contributed by atoms with Gasteiger partial charge in [-0.1, -0.05) is 13.0 Å². The Morgan fingerprint density at radius 3 is 2.67 bits per heavy atom. The van der Waals surface area contributed by atoms with Crippen molar-refractivity contribution in [2.75, 3.05) is 0 Å². The number of aliphatic hydroxyl groups excluding tert-OH is 1. The van der Waals surface area contributed by atoms with Gasteiger partial charge >= 0.3 is 0 Å². The van der Waals surface area contributed by atoms with Crippen molar-refractivity contribution in [3.63, 3.8) is 0 Å². The van der Waals surface area contributed by atoms with Crippen LogP contribution in [0.5, 0.6) is 0 Å². The van der Waals surface area contributed by atoms with Crippen LogP contribution in [0.3, 0.4) is 0 Å². The molecular weight excluding hydrogens is 264 g/mol. The Morgan fingerprint density at radius 2 is 1.86 bits per heavy atom. The van der Waals surface area contributed by atoms with Gasteiger partial charge in [0.2, 0.25) is 11.6 Å². The maximum Gasteiger partial charge on any atom is 0.221 e. The summed E-state index contributed by atoms with van der Waals surface area (Å²) in [6.45, 7) is 2.32. The van der Waals surface area contributed by atoms with E-state index in [4.69, 9.17) is 0 Å². The van der Waals surface area contributed by atoms with Crippen LogP contribution in [0, 0.1) is 35.0 Å². The highest BCUT2D eigenvalue weighted by Crippen LogP contribution is 2.61. The number of ketones is 2. The molecule has 0 radical (unpaired) electrons. The molecule has 0 aromatic carbocycles. The number of allylic oxidation sites excluding steroid dienone is 2. The molecule has 4 aliphatic carbocycles. The summed E-state index contributed by atoms with van der Waals surface area (Å²) >= 11 is 0. The number of hydrogen-bond donors (Lipinski definition) is 1. The molecule has 0 aliphatic heterocycles. The third kappa shape index (κ3) is 1.82. The molecule has 4 aliphatic rings. The van der Waals surface area contributed by atoms with Gasteiger partial charge in [-0.25, -0.2) is 0 Å². The van der Waals surface area contributed by atoms with Crippen molar-refractivity contribution < 1.29 is 14.7 Å². The highest BCUT2D eigenvalue weighted by molar-refractivity contribution is 6.43. The van der Waals surface area contributed by atoms with Crippen LogP contribution in [-0.2, 0) is 9.59 Å². The molecule has 0 aromatic heterocycles. The van der Waals surface area contributed by atoms with Gasteiger partial charge in [0.25, 0.3) is 0 Å². The fourth-order valence-electron chi connectivity index (χ4n) is 6.14. The third-order valence-corrected chi connectivity index (χ3v) is 7.09. The summed E-state index contributed by atoms with van der Waals surface area (Å²) in [6.07, 6.45) is 9.54. The van der Waals surface area contributed by atoms with Crippen LogP contribution in [0.15, 0.2) is 12.2 Å². The molecule has 0 bridgehead atoms. The topological polar surface area (TPSA) is 54.4 Å². The number of carbonyl (C=O) groups excluding carboxylic acids is 2. The molecule has 21 heavy (non-hydrogen) atoms. The number of rotatable bonds is 0. The van der Waals surface area contributed by atoms with Crippen molar-refractivity contribution in [3.8, 4) is 0 Å². The Labute approximate surface area is 125 Å². The summed E-state index contributed by atoms with van der Waals surface area (Å²) < 4.78 is 0. The first-order valence-corrected chi connectivity index (χ1v) is 8.46. The van der Waals surface area contributed by atoms with E-state index in [2.05, 4.69) is 6.92 Å². The molecule has 0 spiro atoms. The number of carbonyl (C=O) groups is 2. The van der Waals surface area contributed by atoms with Crippen molar-refractivity contribution >= 4 is 11.6 Å². The van der Waals surface area contributed by atoms with Crippen LogP contribution >= 0.6 is 0 Å². The number of hydrogen-bond acceptors (Lipinski definition) is 3. The van der Waals surface area contributed by atoms with Gasteiger partial charge in [0.05, 0.1) is 6.10 Å². The van der Waals surface area contributed by atoms with Crippen LogP contribution in [0.2, 0.25) is 0 Å². The van der Waals surface area contributed by atoms with Gasteiger partial charge in [-0.3, -0.25) is 9.59 Å². The predicted molar refractivity (Wildman–Crippen MR) is 78.4 cm³/mol. The standard InChI is InChI=1S/C18H24O3/c1-18-8-6-11-12(16(18)13(19)7-9-18)4-2-10-3-5-14(20)17(21)15(10)11/h3,5,10-13,15-16,19H,2,4,6-9H2,1H3/t10?,11-,12+,13-,15-,16+,18+/m0/s1. The summed E-state index contributed by atoms with van der Waals surface area (Å²) in [5.74, 6) is 0.788. The summed E-state index contributed by atoms with van der Waals surface area (Å²) in [6, 6.07) is 0. The van der Waals surface area contributed by atoms with E-state index in [0.717, 1.165) is 38.5 Å². The lowest BCUT2D eigenvalue weighted by molar-refractivity contribution is -0.145. The van der Waals surface area contributed by atoms with Crippen molar-refractivity contribution in [1.29, 1.82) is 0 Å². The summed E-state index contributed by atoms with van der Waals surface area (Å²) in [5.41, 5.74) is 0.255. The minimum Gasteiger partial charge on any atom is -0.393 e. The van der Waals surface area contributed by atoms with Crippen LogP contribution in [0.4, 0.5) is 0 Å². The second kappa shape index (κ2) is 4.52. The molecule has 7 atom stereocenters. The number of fused-ring (bicyclic) bond motifs is 5. The van der Waals surface area contributed by atoms with E-state index in [1.807, 2.05) is 6.08 Å². The lowest BCUT2D eigenvalue weighted by atomic mass is 9.51. The van der Waals surface area contributed by atoms with Crippen molar-refractivity contribution in [3.05, 3.63) is 12.2 Å². The molecule has 0 heterocycles. The van der Waals surface area contributed by atoms with Gasteiger partial charge in [-0.2, -0.15) is 0 Å². The van der Waals surface area contributed by atoms with Crippen molar-refractivity contribution in [2.45, 2.75) is 51.6 Å². The molecule has 1 unspecified atom stereocenters. The Hall–Kier alpha value is -0.960. The third-order valence-electron chi connectivity index (χ3n) is 7.09. The minimum atomic E-state index is -0.308. The van der Waals surface area contributed by atoms with Gasteiger partial charge in [-0.15, -0.1) is 0 Å².